The van der Waals surface area contributed by atoms with Crippen molar-refractivity contribution in [1.29, 1.82) is 0 Å². The Balaban J connectivity index is 0.895. The Bertz CT molecular complexity index is 4020. The van der Waals surface area contributed by atoms with E-state index in [1.807, 2.05) is 12.1 Å². The quantitative estimate of drug-likeness (QED) is 0.174. The Morgan fingerprint density at radius 1 is 0.262 bits per heavy atom. The number of hydrogen-bond acceptors (Lipinski definition) is 3. The predicted molar refractivity (Wildman–Crippen MR) is 269 cm³/mol. The molecule has 0 saturated carbocycles. The number of hydrogen-bond donors (Lipinski definition) is 0. The highest BCUT2D eigenvalue weighted by molar-refractivity contribution is 6.17. The maximum Gasteiger partial charge on any atom is 0.136 e. The SMILES string of the molecule is CC1(C)c2cc3c(cc2-c2c1cc(-c1ccc4c(c1)oc1ccccc14)c1ccccc21)oc1cc2c(cc13)C(C)(C)c1cc(-c3ccc4c(c3)oc3ccccc34)c3ccccc3c1-2. The maximum atomic E-state index is 6.99. The number of para-hydroxylation sites is 2. The molecule has 0 radical (unpaired) electrons. The molecule has 0 spiro atoms. The van der Waals surface area contributed by atoms with Gasteiger partial charge >= 0.3 is 0 Å². The van der Waals surface area contributed by atoms with Crippen LogP contribution in [0.15, 0.2) is 183 Å². The van der Waals surface area contributed by atoms with Gasteiger partial charge in [-0.05, 0) is 161 Å². The second-order valence-electron chi connectivity index (χ2n) is 19.5. The van der Waals surface area contributed by atoms with Gasteiger partial charge in [0.1, 0.15) is 33.5 Å². The fraction of sp³-hybridized carbons (Fsp3) is 0.0968. The third-order valence-electron chi connectivity index (χ3n) is 15.5. The molecule has 3 heterocycles. The summed E-state index contributed by atoms with van der Waals surface area (Å²) in [4.78, 5) is 0. The van der Waals surface area contributed by atoms with E-state index in [0.717, 1.165) is 66.2 Å². The Hall–Kier alpha value is -7.88. The number of rotatable bonds is 2. The minimum atomic E-state index is -0.252. The van der Waals surface area contributed by atoms with Crippen LogP contribution < -0.4 is 0 Å². The summed E-state index contributed by atoms with van der Waals surface area (Å²) in [6.45, 7) is 9.55. The van der Waals surface area contributed by atoms with Crippen molar-refractivity contribution in [2.45, 2.75) is 38.5 Å². The third-order valence-corrected chi connectivity index (χ3v) is 15.5. The molecule has 306 valence electrons. The summed E-state index contributed by atoms with van der Waals surface area (Å²) in [5.74, 6) is 0. The highest BCUT2D eigenvalue weighted by Crippen LogP contribution is 2.58. The van der Waals surface area contributed by atoms with E-state index in [-0.39, 0.29) is 10.8 Å². The maximum absolute atomic E-state index is 6.99. The van der Waals surface area contributed by atoms with Crippen LogP contribution in [-0.4, -0.2) is 0 Å². The molecule has 3 aromatic heterocycles. The molecule has 2 aliphatic rings. The standard InChI is InChI=1S/C62H40O3/c1-61(2)49-29-45-46-30-50-48(60-42-18-8-6-14-36(42)44(28-52(60)62(50,3)4)34-22-24-40-38-16-10-12-20-54(38)64-56(40)26-34)32-58(46)65-57(45)31-47(49)59-41-17-7-5-13-35(41)43(27-51(59)61)33-21-23-39-37-15-9-11-19-53(37)63-55(39)25-33/h5-32H,1-4H3. The number of benzene rings is 10. The van der Waals surface area contributed by atoms with E-state index in [2.05, 4.69) is 185 Å². The fourth-order valence-electron chi connectivity index (χ4n) is 12.2. The van der Waals surface area contributed by atoms with Gasteiger partial charge in [-0.2, -0.15) is 0 Å². The third kappa shape index (κ3) is 4.55. The zero-order valence-corrected chi connectivity index (χ0v) is 36.4. The lowest BCUT2D eigenvalue weighted by atomic mass is 9.79. The molecular formula is C62H40O3. The first-order chi connectivity index (χ1) is 31.7. The summed E-state index contributed by atoms with van der Waals surface area (Å²) in [7, 11) is 0. The van der Waals surface area contributed by atoms with Crippen molar-refractivity contribution in [1.82, 2.24) is 0 Å². The Morgan fingerprint density at radius 2 is 0.615 bits per heavy atom. The van der Waals surface area contributed by atoms with E-state index in [1.54, 1.807) is 0 Å². The minimum absolute atomic E-state index is 0.252. The molecule has 0 amide bonds. The first-order valence-electron chi connectivity index (χ1n) is 22.7. The molecule has 0 saturated heterocycles. The molecule has 0 aliphatic heterocycles. The van der Waals surface area contributed by atoms with Crippen LogP contribution in [0.25, 0.3) is 132 Å². The molecule has 0 fully saturated rings. The van der Waals surface area contributed by atoms with Crippen LogP contribution in [0.5, 0.6) is 0 Å². The smallest absolute Gasteiger partial charge is 0.136 e. The van der Waals surface area contributed by atoms with E-state index in [4.69, 9.17) is 13.3 Å². The van der Waals surface area contributed by atoms with E-state index in [9.17, 15) is 0 Å². The monoisotopic (exact) mass is 832 g/mol. The van der Waals surface area contributed by atoms with Gasteiger partial charge in [0.2, 0.25) is 0 Å². The summed E-state index contributed by atoms with van der Waals surface area (Å²) in [6.07, 6.45) is 0. The van der Waals surface area contributed by atoms with Crippen molar-refractivity contribution in [3.8, 4) is 44.5 Å². The highest BCUT2D eigenvalue weighted by atomic mass is 16.3. The Labute approximate surface area is 374 Å². The van der Waals surface area contributed by atoms with Crippen LogP contribution in [0.1, 0.15) is 49.9 Å². The number of furan rings is 3. The molecule has 10 aromatic carbocycles. The first-order valence-corrected chi connectivity index (χ1v) is 22.7. The summed E-state index contributed by atoms with van der Waals surface area (Å²) in [6, 6.07) is 62.2. The van der Waals surface area contributed by atoms with Crippen molar-refractivity contribution in [3.63, 3.8) is 0 Å². The lowest BCUT2D eigenvalue weighted by Gasteiger charge is -2.23. The average molecular weight is 833 g/mol. The molecule has 3 heteroatoms. The van der Waals surface area contributed by atoms with Crippen LogP contribution in [0, 0.1) is 0 Å². The van der Waals surface area contributed by atoms with Crippen LogP contribution in [0.3, 0.4) is 0 Å². The van der Waals surface area contributed by atoms with Crippen LogP contribution in [0.2, 0.25) is 0 Å². The predicted octanol–water partition coefficient (Wildman–Crippen LogP) is 17.6. The van der Waals surface area contributed by atoms with Crippen LogP contribution in [-0.2, 0) is 10.8 Å². The minimum Gasteiger partial charge on any atom is -0.456 e. The second kappa shape index (κ2) is 12.0. The van der Waals surface area contributed by atoms with E-state index >= 15 is 0 Å². The van der Waals surface area contributed by atoms with E-state index in [1.165, 1.54) is 88.0 Å². The van der Waals surface area contributed by atoms with Gasteiger partial charge in [-0.3, -0.25) is 0 Å². The van der Waals surface area contributed by atoms with Gasteiger partial charge in [0.15, 0.2) is 0 Å². The zero-order chi connectivity index (χ0) is 43.1. The largest absolute Gasteiger partial charge is 0.456 e. The fourth-order valence-corrected chi connectivity index (χ4v) is 12.2. The second-order valence-corrected chi connectivity index (χ2v) is 19.5. The summed E-state index contributed by atoms with van der Waals surface area (Å²) < 4.78 is 19.8. The molecule has 0 bridgehead atoms. The van der Waals surface area contributed by atoms with Crippen molar-refractivity contribution in [3.05, 3.63) is 192 Å². The first kappa shape index (κ1) is 35.6. The van der Waals surface area contributed by atoms with Crippen LogP contribution in [0.4, 0.5) is 0 Å². The van der Waals surface area contributed by atoms with Gasteiger partial charge in [0.05, 0.1) is 0 Å². The normalized spacial score (nSPS) is 14.7. The van der Waals surface area contributed by atoms with Gasteiger partial charge in [-0.25, -0.2) is 0 Å². The molecule has 2 aliphatic carbocycles. The van der Waals surface area contributed by atoms with E-state index in [0.29, 0.717) is 0 Å². The van der Waals surface area contributed by atoms with Gasteiger partial charge < -0.3 is 13.3 Å². The molecular weight excluding hydrogens is 793 g/mol. The average Bonchev–Trinajstić information content (AvgIpc) is 4.10. The van der Waals surface area contributed by atoms with Gasteiger partial charge in [-0.15, -0.1) is 0 Å². The summed E-state index contributed by atoms with van der Waals surface area (Å²) >= 11 is 0. The summed E-state index contributed by atoms with van der Waals surface area (Å²) in [5.41, 5.74) is 20.2. The van der Waals surface area contributed by atoms with E-state index < -0.39 is 0 Å². The van der Waals surface area contributed by atoms with Gasteiger partial charge in [0, 0.05) is 43.1 Å². The molecule has 0 N–H and O–H groups in total. The Kier molecular flexibility index (Phi) is 6.57. The van der Waals surface area contributed by atoms with Crippen molar-refractivity contribution in [2.75, 3.05) is 0 Å². The molecule has 3 nitrogen and oxygen atoms in total. The molecule has 0 atom stereocenters. The molecule has 13 aromatic rings. The lowest BCUT2D eigenvalue weighted by Crippen LogP contribution is -2.15. The molecule has 15 rings (SSSR count). The topological polar surface area (TPSA) is 39.4 Å². The molecule has 0 unspecified atom stereocenters. The van der Waals surface area contributed by atoms with Crippen molar-refractivity contribution in [2.24, 2.45) is 0 Å². The number of fused-ring (bicyclic) bond motifs is 19. The summed E-state index contributed by atoms with van der Waals surface area (Å²) in [5, 5.41) is 11.9. The Morgan fingerprint density at radius 3 is 1.06 bits per heavy atom. The van der Waals surface area contributed by atoms with Gasteiger partial charge in [-0.1, -0.05) is 125 Å². The zero-order valence-electron chi connectivity index (χ0n) is 36.4. The lowest BCUT2D eigenvalue weighted by molar-refractivity contribution is 0.656. The molecule has 65 heavy (non-hydrogen) atoms. The van der Waals surface area contributed by atoms with Crippen LogP contribution >= 0.6 is 0 Å². The highest BCUT2D eigenvalue weighted by Gasteiger charge is 2.40. The van der Waals surface area contributed by atoms with Gasteiger partial charge in [0.25, 0.3) is 0 Å². The van der Waals surface area contributed by atoms with Crippen molar-refractivity contribution < 1.29 is 13.3 Å². The van der Waals surface area contributed by atoms with Crippen molar-refractivity contribution >= 4 is 87.4 Å².